The summed E-state index contributed by atoms with van der Waals surface area (Å²) in [6, 6.07) is 4.44. The lowest BCUT2D eigenvalue weighted by Gasteiger charge is -2.17. The number of furan rings is 1. The number of nitrogens with one attached hydrogen (secondary N) is 1. The van der Waals surface area contributed by atoms with Crippen LogP contribution >= 0.6 is 15.9 Å². The van der Waals surface area contributed by atoms with Gasteiger partial charge in [-0.15, -0.1) is 0 Å². The van der Waals surface area contributed by atoms with Gasteiger partial charge in [0.2, 0.25) is 0 Å². The Hall–Kier alpha value is -0.320. The Morgan fingerprint density at radius 3 is 2.88 bits per heavy atom. The Morgan fingerprint density at radius 1 is 1.31 bits per heavy atom. The van der Waals surface area contributed by atoms with Crippen molar-refractivity contribution in [1.29, 1.82) is 0 Å². The van der Waals surface area contributed by atoms with Crippen LogP contribution in [0.5, 0.6) is 0 Å². The smallest absolute Gasteiger partial charge is 0.169 e. The standard InChI is InChI=1S/C12H16BrNO2/c13-12-4-3-9(16-12)5-14-11-7-15-6-10(11)8-1-2-8/h3-4,8,10-11,14H,1-2,5-7H2. The van der Waals surface area contributed by atoms with Crippen LogP contribution in [0.2, 0.25) is 0 Å². The van der Waals surface area contributed by atoms with Crippen LogP contribution in [0.4, 0.5) is 0 Å². The van der Waals surface area contributed by atoms with Crippen molar-refractivity contribution in [1.82, 2.24) is 5.32 Å². The van der Waals surface area contributed by atoms with E-state index in [-0.39, 0.29) is 0 Å². The molecule has 1 aliphatic heterocycles. The van der Waals surface area contributed by atoms with Gasteiger partial charge in [-0.3, -0.25) is 0 Å². The van der Waals surface area contributed by atoms with Gasteiger partial charge in [0.05, 0.1) is 19.8 Å². The molecule has 2 atom stereocenters. The molecule has 2 aliphatic rings. The molecule has 0 amide bonds. The second-order valence-electron chi connectivity index (χ2n) is 4.73. The van der Waals surface area contributed by atoms with Crippen molar-refractivity contribution in [3.63, 3.8) is 0 Å². The Morgan fingerprint density at radius 2 is 2.19 bits per heavy atom. The van der Waals surface area contributed by atoms with Crippen LogP contribution in [0.3, 0.4) is 0 Å². The van der Waals surface area contributed by atoms with Gasteiger partial charge >= 0.3 is 0 Å². The lowest BCUT2D eigenvalue weighted by atomic mass is 9.98. The van der Waals surface area contributed by atoms with E-state index in [1.807, 2.05) is 12.1 Å². The Balaban J connectivity index is 1.54. The Kier molecular flexibility index (Phi) is 3.05. The first-order chi connectivity index (χ1) is 7.83. The zero-order chi connectivity index (χ0) is 11.0. The normalized spacial score (nSPS) is 29.8. The molecular formula is C12H16BrNO2. The zero-order valence-electron chi connectivity index (χ0n) is 9.12. The molecule has 1 N–H and O–H groups in total. The van der Waals surface area contributed by atoms with Crippen molar-refractivity contribution >= 4 is 15.9 Å². The Bertz CT molecular complexity index is 362. The molecule has 3 nitrogen and oxygen atoms in total. The molecule has 2 unspecified atom stereocenters. The van der Waals surface area contributed by atoms with E-state index in [0.717, 1.165) is 42.0 Å². The minimum atomic E-state index is 0.511. The highest BCUT2D eigenvalue weighted by Gasteiger charge is 2.39. The average molecular weight is 286 g/mol. The predicted molar refractivity (Wildman–Crippen MR) is 64.1 cm³/mol. The molecule has 1 aliphatic carbocycles. The summed E-state index contributed by atoms with van der Waals surface area (Å²) in [7, 11) is 0. The summed E-state index contributed by atoms with van der Waals surface area (Å²) < 4.78 is 11.8. The quantitative estimate of drug-likeness (QED) is 0.923. The fourth-order valence-electron chi connectivity index (χ4n) is 2.45. The van der Waals surface area contributed by atoms with Crippen molar-refractivity contribution in [3.05, 3.63) is 22.6 Å². The van der Waals surface area contributed by atoms with E-state index in [2.05, 4.69) is 21.2 Å². The molecule has 4 heteroatoms. The van der Waals surface area contributed by atoms with Crippen molar-refractivity contribution in [3.8, 4) is 0 Å². The van der Waals surface area contributed by atoms with E-state index in [0.29, 0.717) is 6.04 Å². The van der Waals surface area contributed by atoms with Gasteiger partial charge in [0.15, 0.2) is 4.67 Å². The highest BCUT2D eigenvalue weighted by atomic mass is 79.9. The van der Waals surface area contributed by atoms with Crippen LogP contribution in [0.15, 0.2) is 21.2 Å². The maximum atomic E-state index is 5.56. The summed E-state index contributed by atoms with van der Waals surface area (Å²) in [5.41, 5.74) is 0. The monoisotopic (exact) mass is 285 g/mol. The molecular weight excluding hydrogens is 270 g/mol. The minimum absolute atomic E-state index is 0.511. The second kappa shape index (κ2) is 4.51. The average Bonchev–Trinajstić information content (AvgIpc) is 2.86. The highest BCUT2D eigenvalue weighted by molar-refractivity contribution is 9.10. The summed E-state index contributed by atoms with van der Waals surface area (Å²) in [4.78, 5) is 0. The summed E-state index contributed by atoms with van der Waals surface area (Å²) in [5, 5.41) is 3.54. The molecule has 1 aromatic rings. The van der Waals surface area contributed by atoms with Crippen LogP contribution in [0.1, 0.15) is 18.6 Å². The summed E-state index contributed by atoms with van der Waals surface area (Å²) >= 11 is 3.31. The van der Waals surface area contributed by atoms with E-state index < -0.39 is 0 Å². The molecule has 0 spiro atoms. The topological polar surface area (TPSA) is 34.4 Å². The van der Waals surface area contributed by atoms with Gasteiger partial charge < -0.3 is 14.5 Å². The highest BCUT2D eigenvalue weighted by Crippen LogP contribution is 2.40. The first kappa shape index (κ1) is 10.8. The molecule has 3 rings (SSSR count). The molecule has 0 radical (unpaired) electrons. The number of hydrogen-bond acceptors (Lipinski definition) is 3. The number of hydrogen-bond donors (Lipinski definition) is 1. The maximum Gasteiger partial charge on any atom is 0.169 e. The van der Waals surface area contributed by atoms with E-state index in [1.165, 1.54) is 12.8 Å². The first-order valence-electron chi connectivity index (χ1n) is 5.88. The molecule has 1 saturated heterocycles. The number of halogens is 1. The third-order valence-corrected chi connectivity index (χ3v) is 3.95. The summed E-state index contributed by atoms with van der Waals surface area (Å²) in [6.07, 6.45) is 2.77. The van der Waals surface area contributed by atoms with E-state index in [4.69, 9.17) is 9.15 Å². The summed E-state index contributed by atoms with van der Waals surface area (Å²) in [5.74, 6) is 2.61. The van der Waals surface area contributed by atoms with Crippen molar-refractivity contribution < 1.29 is 9.15 Å². The molecule has 2 heterocycles. The van der Waals surface area contributed by atoms with Crippen molar-refractivity contribution in [2.24, 2.45) is 11.8 Å². The van der Waals surface area contributed by atoms with Gasteiger partial charge in [-0.05, 0) is 46.8 Å². The predicted octanol–water partition coefficient (Wildman–Crippen LogP) is 2.56. The third-order valence-electron chi connectivity index (χ3n) is 3.52. The second-order valence-corrected chi connectivity index (χ2v) is 5.51. The molecule has 1 saturated carbocycles. The lowest BCUT2D eigenvalue weighted by Crippen LogP contribution is -2.35. The SMILES string of the molecule is Brc1ccc(CNC2COCC2C2CC2)o1. The lowest BCUT2D eigenvalue weighted by molar-refractivity contribution is 0.179. The van der Waals surface area contributed by atoms with Crippen LogP contribution < -0.4 is 5.32 Å². The van der Waals surface area contributed by atoms with Gasteiger partial charge in [-0.2, -0.15) is 0 Å². The fourth-order valence-corrected chi connectivity index (χ4v) is 2.79. The first-order valence-corrected chi connectivity index (χ1v) is 6.67. The van der Waals surface area contributed by atoms with Crippen LogP contribution in [-0.2, 0) is 11.3 Å². The zero-order valence-corrected chi connectivity index (χ0v) is 10.7. The van der Waals surface area contributed by atoms with Gasteiger partial charge in [-0.25, -0.2) is 0 Å². The van der Waals surface area contributed by atoms with E-state index in [1.54, 1.807) is 0 Å². The maximum absolute atomic E-state index is 5.56. The van der Waals surface area contributed by atoms with Gasteiger partial charge in [0.1, 0.15) is 5.76 Å². The Labute approximate surface area is 104 Å². The number of ether oxygens (including phenoxy) is 1. The largest absolute Gasteiger partial charge is 0.453 e. The summed E-state index contributed by atoms with van der Waals surface area (Å²) in [6.45, 7) is 2.58. The minimum Gasteiger partial charge on any atom is -0.453 e. The van der Waals surface area contributed by atoms with Gasteiger partial charge in [0, 0.05) is 12.0 Å². The molecule has 88 valence electrons. The van der Waals surface area contributed by atoms with Crippen LogP contribution in [-0.4, -0.2) is 19.3 Å². The molecule has 1 aromatic heterocycles. The molecule has 2 fully saturated rings. The van der Waals surface area contributed by atoms with Crippen molar-refractivity contribution in [2.75, 3.05) is 13.2 Å². The van der Waals surface area contributed by atoms with E-state index in [9.17, 15) is 0 Å². The molecule has 0 aromatic carbocycles. The van der Waals surface area contributed by atoms with E-state index >= 15 is 0 Å². The fraction of sp³-hybridized carbons (Fsp3) is 0.667. The van der Waals surface area contributed by atoms with Gasteiger partial charge in [-0.1, -0.05) is 0 Å². The number of rotatable bonds is 4. The molecule has 16 heavy (non-hydrogen) atoms. The van der Waals surface area contributed by atoms with Crippen molar-refractivity contribution in [2.45, 2.75) is 25.4 Å². The third kappa shape index (κ3) is 2.34. The van der Waals surface area contributed by atoms with Gasteiger partial charge in [0.25, 0.3) is 0 Å². The van der Waals surface area contributed by atoms with Crippen LogP contribution in [0, 0.1) is 11.8 Å². The van der Waals surface area contributed by atoms with Crippen LogP contribution in [0.25, 0.3) is 0 Å². The molecule has 0 bridgehead atoms.